The minimum Gasteiger partial charge on any atom is -0.489 e. The molecule has 0 saturated carbocycles. The van der Waals surface area contributed by atoms with E-state index in [2.05, 4.69) is 4.98 Å². The number of nitrogens with zero attached hydrogens (tertiary/aromatic N) is 2. The Morgan fingerprint density at radius 3 is 2.60 bits per heavy atom. The van der Waals surface area contributed by atoms with E-state index in [4.69, 9.17) is 4.74 Å². The molecule has 4 nitrogen and oxygen atoms in total. The fourth-order valence-corrected chi connectivity index (χ4v) is 4.23. The number of hydrogen-bond acceptors (Lipinski definition) is 3. The van der Waals surface area contributed by atoms with Gasteiger partial charge in [-0.25, -0.2) is 4.39 Å². The lowest BCUT2D eigenvalue weighted by Gasteiger charge is -2.07. The third kappa shape index (κ3) is 2.38. The Morgan fingerprint density at radius 1 is 0.867 bits per heavy atom. The summed E-state index contributed by atoms with van der Waals surface area (Å²) in [4.78, 5) is 17.8. The van der Waals surface area contributed by atoms with Gasteiger partial charge in [-0.1, -0.05) is 30.3 Å². The van der Waals surface area contributed by atoms with E-state index in [1.54, 1.807) is 16.7 Å². The van der Waals surface area contributed by atoms with E-state index >= 15 is 0 Å². The lowest BCUT2D eigenvalue weighted by atomic mass is 10.1. The predicted molar refractivity (Wildman–Crippen MR) is 116 cm³/mol. The molecule has 6 aromatic rings. The van der Waals surface area contributed by atoms with Gasteiger partial charge in [0.15, 0.2) is 0 Å². The fourth-order valence-electron chi connectivity index (χ4n) is 4.23. The monoisotopic (exact) mass is 394 g/mol. The van der Waals surface area contributed by atoms with E-state index in [0.29, 0.717) is 11.1 Å². The quantitative estimate of drug-likeness (QED) is 0.382. The van der Waals surface area contributed by atoms with Crippen LogP contribution in [0.3, 0.4) is 0 Å². The molecule has 0 saturated heterocycles. The third-order valence-corrected chi connectivity index (χ3v) is 5.56. The van der Waals surface area contributed by atoms with Crippen LogP contribution in [0.25, 0.3) is 38.1 Å². The summed E-state index contributed by atoms with van der Waals surface area (Å²) in [5.74, 6) is 0.375. The van der Waals surface area contributed by atoms with E-state index < -0.39 is 0 Å². The summed E-state index contributed by atoms with van der Waals surface area (Å²) in [6.07, 6.45) is 1.77. The van der Waals surface area contributed by atoms with Crippen molar-refractivity contribution in [1.29, 1.82) is 0 Å². The summed E-state index contributed by atoms with van der Waals surface area (Å²) < 4.78 is 21.1. The molecular formula is C25H15FN2O2. The zero-order valence-electron chi connectivity index (χ0n) is 15.8. The third-order valence-electron chi connectivity index (χ3n) is 5.56. The lowest BCUT2D eigenvalue weighted by molar-refractivity contribution is 0.306. The maximum absolute atomic E-state index is 13.4. The number of benzene rings is 3. The number of pyridine rings is 2. The Kier molecular flexibility index (Phi) is 3.53. The van der Waals surface area contributed by atoms with Crippen LogP contribution in [0.4, 0.5) is 4.39 Å². The highest BCUT2D eigenvalue weighted by molar-refractivity contribution is 6.18. The average Bonchev–Trinajstić information content (AvgIpc) is 3.11. The summed E-state index contributed by atoms with van der Waals surface area (Å²) in [7, 11) is 0. The SMILES string of the molecule is O=c1c2ccccc2c2nccc3c4cc(OCc5cccc(F)c5)ccc4n1c32. The van der Waals surface area contributed by atoms with Crippen molar-refractivity contribution in [2.45, 2.75) is 6.61 Å². The Morgan fingerprint density at radius 2 is 1.73 bits per heavy atom. The molecule has 0 N–H and O–H groups in total. The molecule has 0 fully saturated rings. The zero-order valence-corrected chi connectivity index (χ0v) is 15.8. The number of aromatic nitrogens is 2. The van der Waals surface area contributed by atoms with Crippen LogP contribution in [0.1, 0.15) is 5.56 Å². The molecule has 30 heavy (non-hydrogen) atoms. The number of ether oxygens (including phenoxy) is 1. The molecule has 3 aromatic carbocycles. The Bertz CT molecular complexity index is 1640. The lowest BCUT2D eigenvalue weighted by Crippen LogP contribution is -2.13. The van der Waals surface area contributed by atoms with E-state index in [-0.39, 0.29) is 18.0 Å². The van der Waals surface area contributed by atoms with Gasteiger partial charge in [0.2, 0.25) is 0 Å². The molecule has 144 valence electrons. The summed E-state index contributed by atoms with van der Waals surface area (Å²) in [5.41, 5.74) is 3.14. The van der Waals surface area contributed by atoms with Gasteiger partial charge in [-0.2, -0.15) is 0 Å². The Hall–Kier alpha value is -3.99. The minimum absolute atomic E-state index is 0.0560. The predicted octanol–water partition coefficient (Wildman–Crippen LogP) is 5.31. The van der Waals surface area contributed by atoms with Crippen LogP contribution in [0.2, 0.25) is 0 Å². The van der Waals surface area contributed by atoms with E-state index in [1.807, 2.05) is 54.6 Å². The first-order chi connectivity index (χ1) is 14.7. The molecule has 0 aliphatic carbocycles. The number of hydrogen-bond donors (Lipinski definition) is 0. The Balaban J connectivity index is 1.57. The van der Waals surface area contributed by atoms with E-state index in [0.717, 1.165) is 38.3 Å². The molecule has 0 aliphatic heterocycles. The highest BCUT2D eigenvalue weighted by Crippen LogP contribution is 2.34. The minimum atomic E-state index is -0.286. The summed E-state index contributed by atoms with van der Waals surface area (Å²) >= 11 is 0. The molecule has 0 atom stereocenters. The van der Waals surface area contributed by atoms with Crippen LogP contribution >= 0.6 is 0 Å². The van der Waals surface area contributed by atoms with Gasteiger partial charge in [0, 0.05) is 27.7 Å². The van der Waals surface area contributed by atoms with Crippen LogP contribution in [-0.4, -0.2) is 9.38 Å². The molecule has 0 spiro atoms. The normalized spacial score (nSPS) is 11.8. The largest absolute Gasteiger partial charge is 0.489 e. The van der Waals surface area contributed by atoms with Gasteiger partial charge in [0.25, 0.3) is 5.56 Å². The number of halogens is 1. The smallest absolute Gasteiger partial charge is 0.263 e. The van der Waals surface area contributed by atoms with Gasteiger partial charge in [-0.05, 0) is 48.0 Å². The molecule has 0 amide bonds. The topological polar surface area (TPSA) is 43.6 Å². The molecule has 3 aromatic heterocycles. The second-order valence-electron chi connectivity index (χ2n) is 7.34. The van der Waals surface area contributed by atoms with Gasteiger partial charge in [-0.15, -0.1) is 0 Å². The van der Waals surface area contributed by atoms with Crippen LogP contribution in [0.15, 0.2) is 83.8 Å². The zero-order chi connectivity index (χ0) is 20.2. The Labute approximate surface area is 170 Å². The van der Waals surface area contributed by atoms with Gasteiger partial charge >= 0.3 is 0 Å². The highest BCUT2D eigenvalue weighted by atomic mass is 19.1. The summed E-state index contributed by atoms with van der Waals surface area (Å²) in [6, 6.07) is 21.5. The molecule has 5 heteroatoms. The summed E-state index contributed by atoms with van der Waals surface area (Å²) in [5, 5.41) is 3.38. The van der Waals surface area contributed by atoms with Gasteiger partial charge in [0.05, 0.1) is 16.6 Å². The molecular weight excluding hydrogens is 379 g/mol. The van der Waals surface area contributed by atoms with Crippen molar-refractivity contribution < 1.29 is 9.13 Å². The van der Waals surface area contributed by atoms with E-state index in [9.17, 15) is 9.18 Å². The second-order valence-corrected chi connectivity index (χ2v) is 7.34. The number of rotatable bonds is 3. The standard InChI is InChI=1S/C25H15FN2O2/c26-16-5-3-4-15(12-16)14-30-17-8-9-22-21(13-17)19-10-11-27-23-18-6-1-2-7-20(18)25(29)28(22)24(19)23/h1-13H,14H2. The highest BCUT2D eigenvalue weighted by Gasteiger charge is 2.17. The van der Waals surface area contributed by atoms with Gasteiger partial charge in [-0.3, -0.25) is 14.2 Å². The first-order valence-electron chi connectivity index (χ1n) is 9.65. The second kappa shape index (κ2) is 6.26. The van der Waals surface area contributed by atoms with Crippen molar-refractivity contribution >= 4 is 38.1 Å². The van der Waals surface area contributed by atoms with Crippen molar-refractivity contribution in [3.05, 3.63) is 101 Å². The van der Waals surface area contributed by atoms with Crippen molar-refractivity contribution in [3.63, 3.8) is 0 Å². The first-order valence-corrected chi connectivity index (χ1v) is 9.65. The molecule has 3 heterocycles. The van der Waals surface area contributed by atoms with Crippen LogP contribution in [0.5, 0.6) is 5.75 Å². The van der Waals surface area contributed by atoms with Gasteiger partial charge < -0.3 is 4.74 Å². The maximum Gasteiger partial charge on any atom is 0.263 e. The van der Waals surface area contributed by atoms with E-state index in [1.165, 1.54) is 12.1 Å². The molecule has 0 radical (unpaired) electrons. The molecule has 6 rings (SSSR count). The maximum atomic E-state index is 13.4. The van der Waals surface area contributed by atoms with Crippen molar-refractivity contribution in [1.82, 2.24) is 9.38 Å². The van der Waals surface area contributed by atoms with Gasteiger partial charge in [0.1, 0.15) is 18.2 Å². The summed E-state index contributed by atoms with van der Waals surface area (Å²) in [6.45, 7) is 0.263. The first kappa shape index (κ1) is 16.9. The van der Waals surface area contributed by atoms with Crippen molar-refractivity contribution in [2.24, 2.45) is 0 Å². The van der Waals surface area contributed by atoms with Crippen molar-refractivity contribution in [2.75, 3.05) is 0 Å². The molecule has 0 unspecified atom stereocenters. The molecule has 0 bridgehead atoms. The fraction of sp³-hybridized carbons (Fsp3) is 0.0400. The van der Waals surface area contributed by atoms with Crippen LogP contribution in [-0.2, 0) is 6.61 Å². The number of fused-ring (bicyclic) bond motifs is 5. The van der Waals surface area contributed by atoms with Crippen LogP contribution in [0, 0.1) is 5.82 Å². The van der Waals surface area contributed by atoms with Crippen molar-refractivity contribution in [3.8, 4) is 5.75 Å². The average molecular weight is 394 g/mol. The molecule has 0 aliphatic rings. The van der Waals surface area contributed by atoms with Crippen LogP contribution < -0.4 is 10.3 Å².